The quantitative estimate of drug-likeness (QED) is 0.732. The van der Waals surface area contributed by atoms with Gasteiger partial charge in [0.25, 0.3) is 0 Å². The minimum atomic E-state index is -0.364. The van der Waals surface area contributed by atoms with E-state index in [0.717, 1.165) is 19.3 Å². The fourth-order valence-electron chi connectivity index (χ4n) is 3.46. The van der Waals surface area contributed by atoms with E-state index in [1.807, 2.05) is 29.6 Å². The van der Waals surface area contributed by atoms with Crippen LogP contribution in [0.15, 0.2) is 29.4 Å². The summed E-state index contributed by atoms with van der Waals surface area (Å²) in [5, 5.41) is 8.88. The lowest BCUT2D eigenvalue weighted by atomic mass is 9.87. The molecule has 1 aromatic carbocycles. The maximum atomic E-state index is 12.7. The Morgan fingerprint density at radius 2 is 2.11 bits per heavy atom. The van der Waals surface area contributed by atoms with Crippen molar-refractivity contribution in [3.8, 4) is 0 Å². The van der Waals surface area contributed by atoms with Gasteiger partial charge in [-0.1, -0.05) is 36.0 Å². The molecule has 2 amide bonds. The van der Waals surface area contributed by atoms with Crippen LogP contribution in [0.2, 0.25) is 0 Å². The Labute approximate surface area is 163 Å². The zero-order valence-corrected chi connectivity index (χ0v) is 16.5. The van der Waals surface area contributed by atoms with E-state index in [9.17, 15) is 9.59 Å². The number of hydrogen-bond donors (Lipinski definition) is 1. The molecule has 3 rings (SSSR count). The summed E-state index contributed by atoms with van der Waals surface area (Å²) in [6.07, 6.45) is 3.85. The SMILES string of the molecule is CN(C(=O)CSc1nnc(CCC(N)=O)n1C)[C@@H]1CCCc2ccccc21. The van der Waals surface area contributed by atoms with Crippen LogP contribution in [0.4, 0.5) is 0 Å². The molecule has 1 aliphatic rings. The average Bonchev–Trinajstić information content (AvgIpc) is 3.03. The number of aryl methyl sites for hydroxylation is 2. The van der Waals surface area contributed by atoms with Crippen LogP contribution < -0.4 is 5.73 Å². The number of benzene rings is 1. The molecule has 7 nitrogen and oxygen atoms in total. The summed E-state index contributed by atoms with van der Waals surface area (Å²) >= 11 is 1.37. The lowest BCUT2D eigenvalue weighted by Crippen LogP contribution is -2.34. The lowest BCUT2D eigenvalue weighted by Gasteiger charge is -2.33. The van der Waals surface area contributed by atoms with Gasteiger partial charge in [-0.25, -0.2) is 0 Å². The highest BCUT2D eigenvalue weighted by molar-refractivity contribution is 7.99. The summed E-state index contributed by atoms with van der Waals surface area (Å²) in [6, 6.07) is 8.51. The summed E-state index contributed by atoms with van der Waals surface area (Å²) < 4.78 is 1.82. The second kappa shape index (κ2) is 8.56. The highest BCUT2D eigenvalue weighted by Crippen LogP contribution is 2.33. The first-order valence-corrected chi connectivity index (χ1v) is 10.1. The smallest absolute Gasteiger partial charge is 0.233 e. The van der Waals surface area contributed by atoms with Crippen LogP contribution in [0.5, 0.6) is 0 Å². The summed E-state index contributed by atoms with van der Waals surface area (Å²) in [4.78, 5) is 25.5. The minimum absolute atomic E-state index is 0.0726. The van der Waals surface area contributed by atoms with Crippen molar-refractivity contribution in [2.45, 2.75) is 43.3 Å². The van der Waals surface area contributed by atoms with E-state index in [1.165, 1.54) is 22.9 Å². The van der Waals surface area contributed by atoms with Crippen molar-refractivity contribution in [1.29, 1.82) is 0 Å². The van der Waals surface area contributed by atoms with Gasteiger partial charge in [-0.05, 0) is 30.4 Å². The fourth-order valence-corrected chi connectivity index (χ4v) is 4.31. The summed E-state index contributed by atoms with van der Waals surface area (Å²) in [7, 11) is 3.72. The van der Waals surface area contributed by atoms with Crippen LogP contribution in [0, 0.1) is 0 Å². The van der Waals surface area contributed by atoms with E-state index in [2.05, 4.69) is 28.4 Å². The summed E-state index contributed by atoms with van der Waals surface area (Å²) in [6.45, 7) is 0. The molecule has 0 radical (unpaired) electrons. The molecule has 1 aromatic heterocycles. The fraction of sp³-hybridized carbons (Fsp3) is 0.474. The number of thioether (sulfide) groups is 1. The van der Waals surface area contributed by atoms with E-state index >= 15 is 0 Å². The number of amides is 2. The van der Waals surface area contributed by atoms with E-state index < -0.39 is 0 Å². The normalized spacial score (nSPS) is 16.0. The molecular formula is C19H25N5O2S. The van der Waals surface area contributed by atoms with Crippen LogP contribution in [0.1, 0.15) is 42.3 Å². The van der Waals surface area contributed by atoms with Crippen LogP contribution >= 0.6 is 11.8 Å². The van der Waals surface area contributed by atoms with Crippen molar-refractivity contribution < 1.29 is 9.59 Å². The molecule has 2 aromatic rings. The van der Waals surface area contributed by atoms with Gasteiger partial charge in [0.1, 0.15) is 5.82 Å². The molecular weight excluding hydrogens is 362 g/mol. The third-order valence-electron chi connectivity index (χ3n) is 5.04. The number of nitrogens with two attached hydrogens (primary N) is 1. The van der Waals surface area contributed by atoms with E-state index in [4.69, 9.17) is 5.73 Å². The molecule has 0 unspecified atom stereocenters. The Morgan fingerprint density at radius 3 is 2.89 bits per heavy atom. The Hall–Kier alpha value is -2.35. The number of fused-ring (bicyclic) bond motifs is 1. The Morgan fingerprint density at radius 1 is 1.33 bits per heavy atom. The molecule has 0 aliphatic heterocycles. The molecule has 8 heteroatoms. The standard InChI is InChI=1S/C19H25N5O2S/c1-23(15-9-5-7-13-6-3-4-8-14(13)15)18(26)12-27-19-22-21-17(24(19)2)11-10-16(20)25/h3-4,6,8,15H,5,7,9-12H2,1-2H3,(H2,20,25)/t15-/m1/s1. The third-order valence-corrected chi connectivity index (χ3v) is 6.05. The molecule has 1 aliphatic carbocycles. The van der Waals surface area contributed by atoms with Crippen molar-refractivity contribution in [2.24, 2.45) is 12.8 Å². The highest BCUT2D eigenvalue weighted by Gasteiger charge is 2.26. The van der Waals surface area contributed by atoms with Gasteiger partial charge < -0.3 is 15.2 Å². The van der Waals surface area contributed by atoms with Gasteiger partial charge in [0.2, 0.25) is 11.8 Å². The van der Waals surface area contributed by atoms with Gasteiger partial charge in [0.05, 0.1) is 11.8 Å². The number of hydrogen-bond acceptors (Lipinski definition) is 5. The van der Waals surface area contributed by atoms with Gasteiger partial charge in [0.15, 0.2) is 5.16 Å². The first-order valence-electron chi connectivity index (χ1n) is 9.10. The van der Waals surface area contributed by atoms with Gasteiger partial charge in [0, 0.05) is 26.9 Å². The van der Waals surface area contributed by atoms with Crippen LogP contribution in [0.3, 0.4) is 0 Å². The van der Waals surface area contributed by atoms with Crippen LogP contribution in [-0.2, 0) is 29.5 Å². The van der Waals surface area contributed by atoms with Gasteiger partial charge in [-0.3, -0.25) is 9.59 Å². The van der Waals surface area contributed by atoms with Crippen molar-refractivity contribution in [3.05, 3.63) is 41.2 Å². The lowest BCUT2D eigenvalue weighted by molar-refractivity contribution is -0.129. The molecule has 0 saturated heterocycles. The number of primary amides is 1. The monoisotopic (exact) mass is 387 g/mol. The maximum Gasteiger partial charge on any atom is 0.233 e. The number of carbonyl (C=O) groups excluding carboxylic acids is 2. The van der Waals surface area contributed by atoms with E-state index in [0.29, 0.717) is 23.2 Å². The predicted octanol–water partition coefficient (Wildman–Crippen LogP) is 1.86. The molecule has 0 saturated carbocycles. The Bertz CT molecular complexity index is 835. The third kappa shape index (κ3) is 4.50. The van der Waals surface area contributed by atoms with Gasteiger partial charge in [-0.2, -0.15) is 0 Å². The molecule has 1 heterocycles. The van der Waals surface area contributed by atoms with Crippen molar-refractivity contribution in [3.63, 3.8) is 0 Å². The zero-order valence-electron chi connectivity index (χ0n) is 15.7. The number of rotatable bonds is 7. The molecule has 0 fully saturated rings. The van der Waals surface area contributed by atoms with Crippen LogP contribution in [0.25, 0.3) is 0 Å². The highest BCUT2D eigenvalue weighted by atomic mass is 32.2. The van der Waals surface area contributed by atoms with E-state index in [1.54, 1.807) is 0 Å². The maximum absolute atomic E-state index is 12.7. The Balaban J connectivity index is 1.61. The molecule has 27 heavy (non-hydrogen) atoms. The molecule has 0 spiro atoms. The summed E-state index contributed by atoms with van der Waals surface area (Å²) in [5.41, 5.74) is 7.78. The van der Waals surface area contributed by atoms with E-state index in [-0.39, 0.29) is 24.3 Å². The second-order valence-corrected chi connectivity index (χ2v) is 7.77. The number of nitrogens with zero attached hydrogens (tertiary/aromatic N) is 4. The topological polar surface area (TPSA) is 94.1 Å². The molecule has 0 bridgehead atoms. The first kappa shape index (κ1) is 19.4. The minimum Gasteiger partial charge on any atom is -0.370 e. The second-order valence-electron chi connectivity index (χ2n) is 6.82. The van der Waals surface area contributed by atoms with Gasteiger partial charge >= 0.3 is 0 Å². The van der Waals surface area contributed by atoms with Gasteiger partial charge in [-0.15, -0.1) is 10.2 Å². The largest absolute Gasteiger partial charge is 0.370 e. The predicted molar refractivity (Wildman–Crippen MR) is 104 cm³/mol. The van der Waals surface area contributed by atoms with Crippen LogP contribution in [-0.4, -0.2) is 44.3 Å². The number of carbonyl (C=O) groups is 2. The molecule has 1 atom stereocenters. The molecule has 2 N–H and O–H groups in total. The van der Waals surface area contributed by atoms with Crippen molar-refractivity contribution in [1.82, 2.24) is 19.7 Å². The first-order chi connectivity index (χ1) is 13.0. The zero-order chi connectivity index (χ0) is 19.4. The molecule has 144 valence electrons. The van der Waals surface area contributed by atoms with Crippen molar-refractivity contribution >= 4 is 23.6 Å². The average molecular weight is 388 g/mol. The number of aromatic nitrogens is 3. The van der Waals surface area contributed by atoms with Crippen molar-refractivity contribution in [2.75, 3.05) is 12.8 Å². The summed E-state index contributed by atoms with van der Waals surface area (Å²) in [5.74, 6) is 0.704. The Kier molecular flexibility index (Phi) is 6.15.